The van der Waals surface area contributed by atoms with Crippen LogP contribution < -0.4 is 14.2 Å². The molecule has 0 unspecified atom stereocenters. The van der Waals surface area contributed by atoms with Crippen molar-refractivity contribution in [3.05, 3.63) is 47.5 Å². The van der Waals surface area contributed by atoms with Gasteiger partial charge in [-0.1, -0.05) is 0 Å². The van der Waals surface area contributed by atoms with Gasteiger partial charge in [0.15, 0.2) is 0 Å². The van der Waals surface area contributed by atoms with Gasteiger partial charge in [0.05, 0.1) is 14.2 Å². The Morgan fingerprint density at radius 2 is 1.33 bits per heavy atom. The molecule has 1 heterocycles. The molecule has 0 spiro atoms. The second-order valence-electron chi connectivity index (χ2n) is 4.23. The second-order valence-corrected chi connectivity index (χ2v) is 4.23. The van der Waals surface area contributed by atoms with Gasteiger partial charge in [-0.25, -0.2) is 0 Å². The van der Waals surface area contributed by atoms with Crippen molar-refractivity contribution < 1.29 is 14.2 Å². The van der Waals surface area contributed by atoms with Crippen LogP contribution in [-0.4, -0.2) is 14.2 Å². The maximum atomic E-state index is 5.87. The Bertz CT molecular complexity index is 539. The van der Waals surface area contributed by atoms with Crippen LogP contribution in [0.15, 0.2) is 36.4 Å². The normalized spacial score (nSPS) is 12.1. The Morgan fingerprint density at radius 1 is 0.833 bits per heavy atom. The second kappa shape index (κ2) is 4.26. The molecule has 3 rings (SSSR count). The molecule has 2 aromatic carbocycles. The zero-order chi connectivity index (χ0) is 12.5. The number of methoxy groups -OCH3 is 2. The summed E-state index contributed by atoms with van der Waals surface area (Å²) in [7, 11) is 3.34. The molecule has 0 amide bonds. The Balaban J connectivity index is 2.01. The average molecular weight is 242 g/mol. The molecule has 0 N–H and O–H groups in total. The van der Waals surface area contributed by atoms with Gasteiger partial charge in [0, 0.05) is 17.5 Å². The van der Waals surface area contributed by atoms with Crippen molar-refractivity contribution in [1.29, 1.82) is 0 Å². The lowest BCUT2D eigenvalue weighted by Crippen LogP contribution is -2.03. The molecule has 0 saturated heterocycles. The van der Waals surface area contributed by atoms with Crippen molar-refractivity contribution >= 4 is 0 Å². The Hall–Kier alpha value is -2.16. The molecule has 2 aromatic rings. The number of rotatable bonds is 2. The zero-order valence-electron chi connectivity index (χ0n) is 10.4. The van der Waals surface area contributed by atoms with E-state index in [4.69, 9.17) is 14.2 Å². The van der Waals surface area contributed by atoms with E-state index in [9.17, 15) is 0 Å². The summed E-state index contributed by atoms with van der Waals surface area (Å²) >= 11 is 0. The number of ether oxygens (including phenoxy) is 3. The fraction of sp³-hybridized carbons (Fsp3) is 0.200. The maximum Gasteiger partial charge on any atom is 0.131 e. The monoisotopic (exact) mass is 242 g/mol. The predicted molar refractivity (Wildman–Crippen MR) is 68.9 cm³/mol. The van der Waals surface area contributed by atoms with Crippen LogP contribution in [0, 0.1) is 0 Å². The molecular weight excluding hydrogens is 228 g/mol. The minimum Gasteiger partial charge on any atom is -0.497 e. The largest absolute Gasteiger partial charge is 0.497 e. The van der Waals surface area contributed by atoms with Gasteiger partial charge in [0.2, 0.25) is 0 Å². The quantitative estimate of drug-likeness (QED) is 0.689. The summed E-state index contributed by atoms with van der Waals surface area (Å²) in [6, 6.07) is 11.7. The van der Waals surface area contributed by atoms with Gasteiger partial charge in [0.1, 0.15) is 23.0 Å². The van der Waals surface area contributed by atoms with Crippen molar-refractivity contribution in [2.75, 3.05) is 14.2 Å². The first-order valence-electron chi connectivity index (χ1n) is 5.82. The molecule has 1 aliphatic rings. The van der Waals surface area contributed by atoms with Crippen LogP contribution in [-0.2, 0) is 6.42 Å². The van der Waals surface area contributed by atoms with E-state index in [1.807, 2.05) is 36.4 Å². The van der Waals surface area contributed by atoms with Crippen molar-refractivity contribution in [3.8, 4) is 23.0 Å². The Labute approximate surface area is 106 Å². The molecule has 0 atom stereocenters. The van der Waals surface area contributed by atoms with Gasteiger partial charge in [-0.05, 0) is 36.4 Å². The number of hydrogen-bond acceptors (Lipinski definition) is 3. The molecule has 18 heavy (non-hydrogen) atoms. The van der Waals surface area contributed by atoms with Crippen molar-refractivity contribution in [2.24, 2.45) is 0 Å². The van der Waals surface area contributed by atoms with Crippen molar-refractivity contribution in [2.45, 2.75) is 6.42 Å². The highest BCUT2D eigenvalue weighted by atomic mass is 16.5. The van der Waals surface area contributed by atoms with Crippen molar-refractivity contribution in [1.82, 2.24) is 0 Å². The lowest BCUT2D eigenvalue weighted by atomic mass is 10.00. The van der Waals surface area contributed by atoms with E-state index in [2.05, 4.69) is 0 Å². The number of benzene rings is 2. The van der Waals surface area contributed by atoms with E-state index in [0.717, 1.165) is 40.5 Å². The van der Waals surface area contributed by atoms with E-state index in [-0.39, 0.29) is 0 Å². The van der Waals surface area contributed by atoms with Gasteiger partial charge >= 0.3 is 0 Å². The molecule has 1 aliphatic heterocycles. The summed E-state index contributed by atoms with van der Waals surface area (Å²) in [6.07, 6.45) is 0.832. The van der Waals surface area contributed by atoms with Gasteiger partial charge < -0.3 is 14.2 Å². The van der Waals surface area contributed by atoms with Crippen LogP contribution in [0.2, 0.25) is 0 Å². The van der Waals surface area contributed by atoms with Crippen LogP contribution in [0.1, 0.15) is 11.1 Å². The Morgan fingerprint density at radius 3 is 1.78 bits per heavy atom. The Kier molecular flexibility index (Phi) is 2.59. The molecule has 92 valence electrons. The summed E-state index contributed by atoms with van der Waals surface area (Å²) in [5.74, 6) is 3.49. The topological polar surface area (TPSA) is 27.7 Å². The minimum atomic E-state index is 0.832. The predicted octanol–water partition coefficient (Wildman–Crippen LogP) is 3.40. The molecule has 3 nitrogen and oxygen atoms in total. The first kappa shape index (κ1) is 11.0. The van der Waals surface area contributed by atoms with Gasteiger partial charge in [0.25, 0.3) is 0 Å². The third-order valence-corrected chi connectivity index (χ3v) is 3.14. The van der Waals surface area contributed by atoms with E-state index in [1.54, 1.807) is 14.2 Å². The first-order chi connectivity index (χ1) is 8.80. The lowest BCUT2D eigenvalue weighted by molar-refractivity contribution is 0.406. The van der Waals surface area contributed by atoms with E-state index < -0.39 is 0 Å². The van der Waals surface area contributed by atoms with Crippen LogP contribution in [0.4, 0.5) is 0 Å². The fourth-order valence-electron chi connectivity index (χ4n) is 2.16. The van der Waals surface area contributed by atoms with Crippen LogP contribution >= 0.6 is 0 Å². The van der Waals surface area contributed by atoms with Gasteiger partial charge in [-0.3, -0.25) is 0 Å². The minimum absolute atomic E-state index is 0.832. The highest BCUT2D eigenvalue weighted by molar-refractivity contribution is 5.53. The third kappa shape index (κ3) is 1.78. The van der Waals surface area contributed by atoms with Crippen LogP contribution in [0.25, 0.3) is 0 Å². The fourth-order valence-corrected chi connectivity index (χ4v) is 2.16. The van der Waals surface area contributed by atoms with Crippen molar-refractivity contribution in [3.63, 3.8) is 0 Å². The van der Waals surface area contributed by atoms with Gasteiger partial charge in [-0.2, -0.15) is 0 Å². The molecule has 0 radical (unpaired) electrons. The SMILES string of the molecule is COc1ccc2c(c1)Cc1cc(OC)ccc1O2. The van der Waals surface area contributed by atoms with E-state index in [0.29, 0.717) is 0 Å². The summed E-state index contributed by atoms with van der Waals surface area (Å²) in [4.78, 5) is 0. The number of hydrogen-bond donors (Lipinski definition) is 0. The average Bonchev–Trinajstić information content (AvgIpc) is 2.43. The zero-order valence-corrected chi connectivity index (χ0v) is 10.4. The smallest absolute Gasteiger partial charge is 0.131 e. The first-order valence-corrected chi connectivity index (χ1v) is 5.82. The number of fused-ring (bicyclic) bond motifs is 2. The summed E-state index contributed by atoms with van der Waals surface area (Å²) in [5, 5.41) is 0. The van der Waals surface area contributed by atoms with E-state index in [1.165, 1.54) is 0 Å². The molecule has 0 fully saturated rings. The molecule has 3 heteroatoms. The highest BCUT2D eigenvalue weighted by Gasteiger charge is 2.17. The van der Waals surface area contributed by atoms with Crippen LogP contribution in [0.3, 0.4) is 0 Å². The highest BCUT2D eigenvalue weighted by Crippen LogP contribution is 2.39. The summed E-state index contributed by atoms with van der Waals surface area (Å²) in [6.45, 7) is 0. The third-order valence-electron chi connectivity index (χ3n) is 3.14. The molecular formula is C15H14O3. The maximum absolute atomic E-state index is 5.87. The lowest BCUT2D eigenvalue weighted by Gasteiger charge is -2.21. The molecule has 0 aliphatic carbocycles. The summed E-state index contributed by atoms with van der Waals surface area (Å²) in [5.41, 5.74) is 2.27. The summed E-state index contributed by atoms with van der Waals surface area (Å²) < 4.78 is 16.3. The van der Waals surface area contributed by atoms with Gasteiger partial charge in [-0.15, -0.1) is 0 Å². The molecule has 0 aromatic heterocycles. The molecule has 0 bridgehead atoms. The molecule has 0 saturated carbocycles. The van der Waals surface area contributed by atoms with Crippen LogP contribution in [0.5, 0.6) is 23.0 Å². The van der Waals surface area contributed by atoms with E-state index >= 15 is 0 Å². The standard InChI is InChI=1S/C15H14O3/c1-16-12-3-5-14-10(8-12)7-11-9-13(17-2)4-6-15(11)18-14/h3-6,8-9H,7H2,1-2H3.